The Balaban J connectivity index is 3.04. The van der Waals surface area contributed by atoms with Crippen molar-refractivity contribution in [3.8, 4) is 0 Å². The van der Waals surface area contributed by atoms with Gasteiger partial charge in [0.1, 0.15) is 5.54 Å². The summed E-state index contributed by atoms with van der Waals surface area (Å²) >= 11 is 0. The van der Waals surface area contributed by atoms with Crippen LogP contribution in [0.3, 0.4) is 0 Å². The molecule has 0 atom stereocenters. The van der Waals surface area contributed by atoms with E-state index in [0.29, 0.717) is 5.69 Å². The Morgan fingerprint density at radius 2 is 2.00 bits per heavy atom. The summed E-state index contributed by atoms with van der Waals surface area (Å²) in [6, 6.07) is 5.58. The molecule has 1 aromatic carbocycles. The van der Waals surface area contributed by atoms with Gasteiger partial charge in [-0.05, 0) is 32.4 Å². The molecule has 0 fully saturated rings. The first-order valence-corrected chi connectivity index (χ1v) is 4.78. The average Bonchev–Trinajstić information content (AvgIpc) is 2.11. The van der Waals surface area contributed by atoms with Crippen molar-refractivity contribution in [2.45, 2.75) is 26.3 Å². The fourth-order valence-corrected chi connectivity index (χ4v) is 1.24. The quantitative estimate of drug-likeness (QED) is 0.652. The monoisotopic (exact) mass is 207 g/mol. The van der Waals surface area contributed by atoms with Crippen LogP contribution < -0.4 is 16.8 Å². The molecule has 0 unspecified atom stereocenters. The Hall–Kier alpha value is -1.71. The molecule has 82 valence electrons. The molecular weight excluding hydrogens is 190 g/mol. The number of primary amides is 1. The highest BCUT2D eigenvalue weighted by molar-refractivity contribution is 5.88. The molecule has 1 amide bonds. The number of para-hydroxylation sites is 1. The first-order chi connectivity index (χ1) is 6.84. The van der Waals surface area contributed by atoms with E-state index in [1.54, 1.807) is 19.9 Å². The normalized spacial score (nSPS) is 11.1. The van der Waals surface area contributed by atoms with Gasteiger partial charge in [-0.3, -0.25) is 4.79 Å². The van der Waals surface area contributed by atoms with E-state index in [-0.39, 0.29) is 0 Å². The van der Waals surface area contributed by atoms with Crippen LogP contribution in [-0.2, 0) is 4.79 Å². The third-order valence-electron chi connectivity index (χ3n) is 2.36. The van der Waals surface area contributed by atoms with E-state index >= 15 is 0 Å². The van der Waals surface area contributed by atoms with Crippen molar-refractivity contribution in [1.82, 2.24) is 0 Å². The second kappa shape index (κ2) is 3.81. The van der Waals surface area contributed by atoms with E-state index in [4.69, 9.17) is 11.5 Å². The molecule has 0 aliphatic heterocycles. The molecule has 0 bridgehead atoms. The Morgan fingerprint density at radius 3 is 2.47 bits per heavy atom. The lowest BCUT2D eigenvalue weighted by atomic mass is 10.0. The summed E-state index contributed by atoms with van der Waals surface area (Å²) in [5.74, 6) is -0.412. The summed E-state index contributed by atoms with van der Waals surface area (Å²) in [7, 11) is 0. The van der Waals surface area contributed by atoms with E-state index in [1.165, 1.54) is 0 Å². The second-order valence-electron chi connectivity index (χ2n) is 4.15. The van der Waals surface area contributed by atoms with Crippen LogP contribution in [-0.4, -0.2) is 11.4 Å². The van der Waals surface area contributed by atoms with Gasteiger partial charge in [-0.2, -0.15) is 0 Å². The topological polar surface area (TPSA) is 81.1 Å². The number of nitrogens with two attached hydrogens (primary N) is 2. The summed E-state index contributed by atoms with van der Waals surface area (Å²) in [6.45, 7) is 5.37. The number of amides is 1. The first kappa shape index (κ1) is 11.4. The molecule has 0 aromatic heterocycles. The highest BCUT2D eigenvalue weighted by Gasteiger charge is 2.25. The van der Waals surface area contributed by atoms with Crippen LogP contribution in [0, 0.1) is 6.92 Å². The largest absolute Gasteiger partial charge is 0.397 e. The zero-order chi connectivity index (χ0) is 11.6. The number of rotatable bonds is 3. The minimum atomic E-state index is -0.805. The lowest BCUT2D eigenvalue weighted by Crippen LogP contribution is -2.45. The van der Waals surface area contributed by atoms with Crippen LogP contribution in [0.4, 0.5) is 11.4 Å². The molecule has 5 N–H and O–H groups in total. The van der Waals surface area contributed by atoms with E-state index in [2.05, 4.69) is 5.32 Å². The van der Waals surface area contributed by atoms with E-state index < -0.39 is 11.4 Å². The fraction of sp³-hybridized carbons (Fsp3) is 0.364. The zero-order valence-corrected chi connectivity index (χ0v) is 9.29. The second-order valence-corrected chi connectivity index (χ2v) is 4.15. The molecule has 0 saturated heterocycles. The third kappa shape index (κ3) is 2.40. The van der Waals surface area contributed by atoms with Gasteiger partial charge in [-0.1, -0.05) is 12.1 Å². The fourth-order valence-electron chi connectivity index (χ4n) is 1.24. The van der Waals surface area contributed by atoms with Crippen LogP contribution in [0.15, 0.2) is 18.2 Å². The van der Waals surface area contributed by atoms with Gasteiger partial charge in [-0.15, -0.1) is 0 Å². The molecule has 15 heavy (non-hydrogen) atoms. The highest BCUT2D eigenvalue weighted by Crippen LogP contribution is 2.25. The van der Waals surface area contributed by atoms with Gasteiger partial charge in [0.25, 0.3) is 0 Å². The number of carbonyl (C=O) groups is 1. The Kier molecular flexibility index (Phi) is 2.88. The maximum Gasteiger partial charge on any atom is 0.242 e. The molecule has 0 aliphatic rings. The smallest absolute Gasteiger partial charge is 0.242 e. The Labute approximate surface area is 89.6 Å². The summed E-state index contributed by atoms with van der Waals surface area (Å²) in [4.78, 5) is 11.2. The van der Waals surface area contributed by atoms with Gasteiger partial charge >= 0.3 is 0 Å². The number of nitrogen functional groups attached to an aromatic ring is 1. The number of anilines is 2. The highest BCUT2D eigenvalue weighted by atomic mass is 16.1. The van der Waals surface area contributed by atoms with Crippen molar-refractivity contribution in [2.75, 3.05) is 11.1 Å². The SMILES string of the molecule is Cc1cccc(N)c1NC(C)(C)C(N)=O. The molecule has 0 spiro atoms. The molecule has 0 saturated carbocycles. The maximum absolute atomic E-state index is 11.2. The van der Waals surface area contributed by atoms with E-state index in [1.807, 2.05) is 19.1 Å². The number of carbonyl (C=O) groups excluding carboxylic acids is 1. The number of nitrogens with one attached hydrogen (secondary N) is 1. The van der Waals surface area contributed by atoms with Gasteiger partial charge in [0.2, 0.25) is 5.91 Å². The first-order valence-electron chi connectivity index (χ1n) is 4.78. The van der Waals surface area contributed by atoms with Gasteiger partial charge in [0.15, 0.2) is 0 Å². The van der Waals surface area contributed by atoms with Crippen molar-refractivity contribution < 1.29 is 4.79 Å². The zero-order valence-electron chi connectivity index (χ0n) is 9.29. The lowest BCUT2D eigenvalue weighted by molar-refractivity contribution is -0.121. The van der Waals surface area contributed by atoms with E-state index in [9.17, 15) is 4.79 Å². The number of hydrogen-bond acceptors (Lipinski definition) is 3. The predicted molar refractivity (Wildman–Crippen MR) is 62.5 cm³/mol. The molecule has 0 aliphatic carbocycles. The molecule has 4 nitrogen and oxygen atoms in total. The van der Waals surface area contributed by atoms with Gasteiger partial charge in [-0.25, -0.2) is 0 Å². The average molecular weight is 207 g/mol. The standard InChI is InChI=1S/C11H17N3O/c1-7-5-4-6-8(12)9(7)14-11(2,3)10(13)15/h4-6,14H,12H2,1-3H3,(H2,13,15). The molecule has 1 aromatic rings. The Morgan fingerprint density at radius 1 is 1.40 bits per heavy atom. The summed E-state index contributed by atoms with van der Waals surface area (Å²) in [5.41, 5.74) is 12.7. The van der Waals surface area contributed by atoms with Crippen molar-refractivity contribution in [2.24, 2.45) is 5.73 Å². The van der Waals surface area contributed by atoms with Crippen molar-refractivity contribution >= 4 is 17.3 Å². The minimum Gasteiger partial charge on any atom is -0.397 e. The summed E-state index contributed by atoms with van der Waals surface area (Å²) < 4.78 is 0. The van der Waals surface area contributed by atoms with Crippen LogP contribution in [0.1, 0.15) is 19.4 Å². The van der Waals surface area contributed by atoms with Crippen LogP contribution in [0.25, 0.3) is 0 Å². The molecule has 0 heterocycles. The van der Waals surface area contributed by atoms with Gasteiger partial charge < -0.3 is 16.8 Å². The summed E-state index contributed by atoms with van der Waals surface area (Å²) in [5, 5.41) is 3.05. The van der Waals surface area contributed by atoms with Gasteiger partial charge in [0, 0.05) is 0 Å². The molecule has 0 radical (unpaired) electrons. The van der Waals surface area contributed by atoms with Crippen LogP contribution >= 0.6 is 0 Å². The molecular formula is C11H17N3O. The van der Waals surface area contributed by atoms with Crippen molar-refractivity contribution in [3.63, 3.8) is 0 Å². The van der Waals surface area contributed by atoms with Crippen LogP contribution in [0.2, 0.25) is 0 Å². The Bertz CT molecular complexity index is 365. The third-order valence-corrected chi connectivity index (χ3v) is 2.36. The lowest BCUT2D eigenvalue weighted by Gasteiger charge is -2.25. The minimum absolute atomic E-state index is 0.412. The maximum atomic E-state index is 11.2. The number of aryl methyl sites for hydroxylation is 1. The van der Waals surface area contributed by atoms with E-state index in [0.717, 1.165) is 11.3 Å². The van der Waals surface area contributed by atoms with Gasteiger partial charge in [0.05, 0.1) is 11.4 Å². The van der Waals surface area contributed by atoms with Crippen LogP contribution in [0.5, 0.6) is 0 Å². The predicted octanol–water partition coefficient (Wildman–Crippen LogP) is 1.25. The number of benzene rings is 1. The number of hydrogen-bond donors (Lipinski definition) is 3. The van der Waals surface area contributed by atoms with Crippen molar-refractivity contribution in [3.05, 3.63) is 23.8 Å². The molecule has 4 heteroatoms. The molecule has 1 rings (SSSR count). The summed E-state index contributed by atoms with van der Waals surface area (Å²) in [6.07, 6.45) is 0. The van der Waals surface area contributed by atoms with Crippen molar-refractivity contribution in [1.29, 1.82) is 0 Å².